The molecule has 3 aromatic heterocycles. The van der Waals surface area contributed by atoms with Crippen LogP contribution in [0.1, 0.15) is 67.6 Å². The van der Waals surface area contributed by atoms with Crippen molar-refractivity contribution in [1.82, 2.24) is 30.3 Å². The lowest BCUT2D eigenvalue weighted by atomic mass is 9.84. The molecule has 9 heteroatoms. The number of hydrogen-bond donors (Lipinski definition) is 1. The number of fused-ring (bicyclic) bond motifs is 3. The van der Waals surface area contributed by atoms with Crippen molar-refractivity contribution in [2.24, 2.45) is 7.05 Å². The molecule has 2 fully saturated rings. The number of aryl methyl sites for hydroxylation is 2. The highest BCUT2D eigenvalue weighted by Gasteiger charge is 2.51. The van der Waals surface area contributed by atoms with Crippen molar-refractivity contribution in [2.45, 2.75) is 76.6 Å². The van der Waals surface area contributed by atoms with Gasteiger partial charge in [0, 0.05) is 66.1 Å². The molecule has 3 aliphatic heterocycles. The first-order chi connectivity index (χ1) is 16.8. The smallest absolute Gasteiger partial charge is 0.260 e. The highest BCUT2D eigenvalue weighted by molar-refractivity contribution is 6.09. The summed E-state index contributed by atoms with van der Waals surface area (Å²) in [4.78, 5) is 19.4. The first kappa shape index (κ1) is 22.2. The van der Waals surface area contributed by atoms with Gasteiger partial charge in [0.1, 0.15) is 6.10 Å². The van der Waals surface area contributed by atoms with Crippen LogP contribution in [-0.2, 0) is 13.6 Å². The summed E-state index contributed by atoms with van der Waals surface area (Å²) in [5.74, 6) is 0.927. The number of nitrogens with one attached hydrogen (secondary N) is 1. The zero-order valence-corrected chi connectivity index (χ0v) is 20.7. The van der Waals surface area contributed by atoms with Crippen molar-refractivity contribution in [3.63, 3.8) is 0 Å². The Kier molecular flexibility index (Phi) is 4.96. The molecule has 35 heavy (non-hydrogen) atoms. The summed E-state index contributed by atoms with van der Waals surface area (Å²) in [6.07, 6.45) is 9.22. The molecule has 0 aromatic carbocycles. The van der Waals surface area contributed by atoms with Gasteiger partial charge in [-0.1, -0.05) is 6.92 Å². The molecular weight excluding hydrogens is 442 g/mol. The monoisotopic (exact) mass is 473 g/mol. The van der Waals surface area contributed by atoms with Crippen molar-refractivity contribution in [3.8, 4) is 17.1 Å². The summed E-state index contributed by atoms with van der Waals surface area (Å²) >= 11 is 0. The zero-order valence-electron chi connectivity index (χ0n) is 20.7. The highest BCUT2D eigenvalue weighted by atomic mass is 16.5. The maximum Gasteiger partial charge on any atom is 0.260 e. The molecule has 6 heterocycles. The predicted molar refractivity (Wildman–Crippen MR) is 131 cm³/mol. The van der Waals surface area contributed by atoms with Gasteiger partial charge in [0.05, 0.1) is 17.9 Å². The van der Waals surface area contributed by atoms with Crippen molar-refractivity contribution in [1.29, 1.82) is 0 Å². The van der Waals surface area contributed by atoms with E-state index in [1.165, 1.54) is 12.8 Å². The van der Waals surface area contributed by atoms with Gasteiger partial charge in [-0.3, -0.25) is 19.4 Å². The van der Waals surface area contributed by atoms with Crippen LogP contribution < -0.4 is 15.0 Å². The second-order valence-corrected chi connectivity index (χ2v) is 10.6. The number of carbonyl (C=O) groups excluding carboxylic acids is 1. The lowest BCUT2D eigenvalue weighted by molar-refractivity contribution is 0.0673. The fraction of sp³-hybridized carbons (Fsp3) is 0.500. The highest BCUT2D eigenvalue weighted by Crippen LogP contribution is 2.44. The first-order valence-electron chi connectivity index (χ1n) is 12.4. The minimum absolute atomic E-state index is 0.0964. The fourth-order valence-electron chi connectivity index (χ4n) is 6.16. The van der Waals surface area contributed by atoms with Crippen LogP contribution in [0.2, 0.25) is 0 Å². The molecule has 3 aliphatic rings. The summed E-state index contributed by atoms with van der Waals surface area (Å²) < 4.78 is 8.03. The number of aromatic nitrogens is 5. The predicted octanol–water partition coefficient (Wildman–Crippen LogP) is 3.57. The number of ether oxygens (including phenoxy) is 1. The molecule has 2 bridgehead atoms. The van der Waals surface area contributed by atoms with E-state index in [-0.39, 0.29) is 23.1 Å². The Labute approximate surface area is 204 Å². The van der Waals surface area contributed by atoms with Crippen LogP contribution in [-0.4, -0.2) is 48.1 Å². The standard InChI is InChI=1S/C26H31N7O2/c1-5-26-9-8-25(3,31-26)11-18(12-26)35-23-7-6-22(28-29-23)33-14-17-13-27-21(10-19(17)24(33)34)20-15-32(4)30-16(20)2/h6-7,10,13,15,18,31H,5,8-9,11-12,14H2,1-4H3/t18-,25-,26+/m1/s1. The molecule has 182 valence electrons. The Morgan fingerprint density at radius 3 is 2.77 bits per heavy atom. The molecule has 0 radical (unpaired) electrons. The number of rotatable bonds is 5. The van der Waals surface area contributed by atoms with E-state index in [4.69, 9.17) is 4.74 Å². The Morgan fingerprint density at radius 2 is 2.06 bits per heavy atom. The number of nitrogens with zero attached hydrogens (tertiary/aromatic N) is 6. The van der Waals surface area contributed by atoms with Crippen LogP contribution in [0.15, 0.2) is 30.6 Å². The largest absolute Gasteiger partial charge is 0.473 e. The molecule has 3 aromatic rings. The maximum atomic E-state index is 13.2. The van der Waals surface area contributed by atoms with E-state index in [9.17, 15) is 4.79 Å². The third kappa shape index (κ3) is 3.78. The van der Waals surface area contributed by atoms with Crippen molar-refractivity contribution < 1.29 is 9.53 Å². The summed E-state index contributed by atoms with van der Waals surface area (Å²) in [7, 11) is 1.88. The van der Waals surface area contributed by atoms with Crippen LogP contribution in [0, 0.1) is 6.92 Å². The summed E-state index contributed by atoms with van der Waals surface area (Å²) in [6.45, 7) is 6.90. The average molecular weight is 474 g/mol. The fourth-order valence-corrected chi connectivity index (χ4v) is 6.16. The normalized spacial score (nSPS) is 27.4. The maximum absolute atomic E-state index is 13.2. The van der Waals surface area contributed by atoms with Crippen molar-refractivity contribution >= 4 is 11.7 Å². The number of pyridine rings is 1. The van der Waals surface area contributed by atoms with Gasteiger partial charge in [-0.25, -0.2) is 0 Å². The molecule has 9 nitrogen and oxygen atoms in total. The van der Waals surface area contributed by atoms with Crippen molar-refractivity contribution in [3.05, 3.63) is 47.4 Å². The SMILES string of the molecule is CC[C@]12CC[C@](C)(C[C@@H](Oc3ccc(N4Cc5cnc(-c6cn(C)nc6C)cc5C4=O)nn3)C1)N2. The average Bonchev–Trinajstić information content (AvgIpc) is 3.44. The van der Waals surface area contributed by atoms with E-state index >= 15 is 0 Å². The number of carbonyl (C=O) groups is 1. The topological polar surface area (TPSA) is 98.1 Å². The Balaban J connectivity index is 1.18. The Morgan fingerprint density at radius 1 is 1.20 bits per heavy atom. The van der Waals surface area contributed by atoms with E-state index in [0.29, 0.717) is 23.8 Å². The van der Waals surface area contributed by atoms with E-state index in [0.717, 1.165) is 41.8 Å². The quantitative estimate of drug-likeness (QED) is 0.605. The lowest BCUT2D eigenvalue weighted by Crippen LogP contribution is -2.57. The van der Waals surface area contributed by atoms with Gasteiger partial charge >= 0.3 is 0 Å². The van der Waals surface area contributed by atoms with Crippen LogP contribution in [0.4, 0.5) is 5.82 Å². The molecular formula is C26H31N7O2. The van der Waals surface area contributed by atoms with Gasteiger partial charge in [0.25, 0.3) is 5.91 Å². The number of amides is 1. The molecule has 0 spiro atoms. The molecule has 2 saturated heterocycles. The summed E-state index contributed by atoms with van der Waals surface area (Å²) in [5, 5.41) is 16.9. The third-order valence-electron chi connectivity index (χ3n) is 7.97. The molecule has 0 saturated carbocycles. The Hall–Kier alpha value is -3.33. The Bertz CT molecular complexity index is 1300. The van der Waals surface area contributed by atoms with E-state index in [2.05, 4.69) is 39.4 Å². The van der Waals surface area contributed by atoms with Crippen LogP contribution in [0.3, 0.4) is 0 Å². The molecule has 1 amide bonds. The van der Waals surface area contributed by atoms with Crippen molar-refractivity contribution in [2.75, 3.05) is 4.90 Å². The van der Waals surface area contributed by atoms with E-state index < -0.39 is 0 Å². The zero-order chi connectivity index (χ0) is 24.4. The summed E-state index contributed by atoms with van der Waals surface area (Å²) in [6, 6.07) is 5.49. The number of anilines is 1. The van der Waals surface area contributed by atoms with Gasteiger partial charge < -0.3 is 10.1 Å². The van der Waals surface area contributed by atoms with Crippen LogP contribution >= 0.6 is 0 Å². The number of piperidine rings is 1. The second-order valence-electron chi connectivity index (χ2n) is 10.6. The lowest BCUT2D eigenvalue weighted by Gasteiger charge is -2.43. The van der Waals surface area contributed by atoms with Gasteiger partial charge in [0.15, 0.2) is 5.82 Å². The van der Waals surface area contributed by atoms with E-state index in [1.807, 2.05) is 38.4 Å². The summed E-state index contributed by atoms with van der Waals surface area (Å²) in [5.41, 5.74) is 4.36. The molecule has 3 atom stereocenters. The van der Waals surface area contributed by atoms with Gasteiger partial charge in [0.2, 0.25) is 5.88 Å². The minimum atomic E-state index is -0.0964. The minimum Gasteiger partial charge on any atom is -0.473 e. The second kappa shape index (κ2) is 7.84. The van der Waals surface area contributed by atoms with Gasteiger partial charge in [-0.2, -0.15) is 5.10 Å². The molecule has 0 unspecified atom stereocenters. The molecule has 1 N–H and O–H groups in total. The molecule has 6 rings (SSSR count). The first-order valence-corrected chi connectivity index (χ1v) is 12.4. The van der Waals surface area contributed by atoms with Gasteiger partial charge in [-0.15, -0.1) is 10.2 Å². The number of hydrogen-bond acceptors (Lipinski definition) is 7. The third-order valence-corrected chi connectivity index (χ3v) is 7.97. The molecule has 0 aliphatic carbocycles. The van der Waals surface area contributed by atoms with Crippen LogP contribution in [0.25, 0.3) is 11.3 Å². The van der Waals surface area contributed by atoms with Gasteiger partial charge in [-0.05, 0) is 45.2 Å². The van der Waals surface area contributed by atoms with Crippen LogP contribution in [0.5, 0.6) is 5.88 Å². The van der Waals surface area contributed by atoms with E-state index in [1.54, 1.807) is 15.8 Å².